The van der Waals surface area contributed by atoms with E-state index in [-0.39, 0.29) is 24.7 Å². The Hall–Kier alpha value is -1.20. The van der Waals surface area contributed by atoms with Gasteiger partial charge in [-0.1, -0.05) is 15.9 Å². The minimum atomic E-state index is -0.647. The Morgan fingerprint density at radius 2 is 2.24 bits per heavy atom. The molecule has 1 heterocycles. The third-order valence-electron chi connectivity index (χ3n) is 2.73. The molecule has 1 aromatic carbocycles. The van der Waals surface area contributed by atoms with Crippen LogP contribution in [0, 0.1) is 0 Å². The molecule has 0 bridgehead atoms. The Labute approximate surface area is 107 Å². The van der Waals surface area contributed by atoms with E-state index in [0.717, 1.165) is 4.47 Å². The number of hydrogen-bond acceptors (Lipinski definition) is 3. The molecule has 0 spiro atoms. The third-order valence-corrected chi connectivity index (χ3v) is 3.23. The number of ketones is 1. The first-order chi connectivity index (χ1) is 7.99. The normalized spacial score (nSPS) is 19.8. The first-order valence-corrected chi connectivity index (χ1v) is 6.07. The maximum atomic E-state index is 11.7. The molecule has 1 amide bonds. The van der Waals surface area contributed by atoms with Crippen molar-refractivity contribution < 1.29 is 14.7 Å². The fourth-order valence-corrected chi connectivity index (χ4v) is 2.31. The molecule has 1 saturated heterocycles. The lowest BCUT2D eigenvalue weighted by molar-refractivity contribution is -0.117. The van der Waals surface area contributed by atoms with Crippen LogP contribution in [0.2, 0.25) is 0 Å². The van der Waals surface area contributed by atoms with Crippen LogP contribution in [0.4, 0.5) is 5.69 Å². The lowest BCUT2D eigenvalue weighted by Crippen LogP contribution is -2.26. The molecule has 17 heavy (non-hydrogen) atoms. The number of anilines is 1. The number of carbonyl (C=O) groups excluding carboxylic acids is 2. The molecule has 0 saturated carbocycles. The minimum absolute atomic E-state index is 0.101. The molecular formula is C12H12BrNO3. The summed E-state index contributed by atoms with van der Waals surface area (Å²) in [5, 5.41) is 9.46. The highest BCUT2D eigenvalue weighted by molar-refractivity contribution is 9.10. The minimum Gasteiger partial charge on any atom is -0.391 e. The standard InChI is InChI=1S/C12H12BrNO3/c1-7(15)10-4-8(13)2-3-11(10)14-6-9(16)5-12(14)17/h2-4,9,16H,5-6H2,1H3. The summed E-state index contributed by atoms with van der Waals surface area (Å²) in [6.45, 7) is 1.71. The number of Topliss-reactive ketones (excluding diaryl/α,β-unsaturated/α-hetero) is 1. The molecule has 0 aliphatic carbocycles. The summed E-state index contributed by atoms with van der Waals surface area (Å²) in [4.78, 5) is 24.7. The second-order valence-corrected chi connectivity index (χ2v) is 5.00. The Morgan fingerprint density at radius 1 is 1.53 bits per heavy atom. The van der Waals surface area contributed by atoms with Gasteiger partial charge in [-0.25, -0.2) is 0 Å². The van der Waals surface area contributed by atoms with Gasteiger partial charge in [0.25, 0.3) is 0 Å². The second-order valence-electron chi connectivity index (χ2n) is 4.08. The van der Waals surface area contributed by atoms with Crippen molar-refractivity contribution in [1.82, 2.24) is 0 Å². The van der Waals surface area contributed by atoms with Gasteiger partial charge in [0.1, 0.15) is 0 Å². The summed E-state index contributed by atoms with van der Waals surface area (Å²) < 4.78 is 0.790. The second kappa shape index (κ2) is 4.58. The van der Waals surface area contributed by atoms with E-state index >= 15 is 0 Å². The van der Waals surface area contributed by atoms with Gasteiger partial charge in [-0.3, -0.25) is 9.59 Å². The van der Waals surface area contributed by atoms with Crippen molar-refractivity contribution in [1.29, 1.82) is 0 Å². The van der Waals surface area contributed by atoms with Gasteiger partial charge in [-0.2, -0.15) is 0 Å². The van der Waals surface area contributed by atoms with Crippen molar-refractivity contribution in [2.24, 2.45) is 0 Å². The zero-order valence-corrected chi connectivity index (χ0v) is 10.9. The van der Waals surface area contributed by atoms with Gasteiger partial charge in [0.15, 0.2) is 5.78 Å². The van der Waals surface area contributed by atoms with Crippen LogP contribution in [0.25, 0.3) is 0 Å². The number of aliphatic hydroxyl groups is 1. The number of benzene rings is 1. The van der Waals surface area contributed by atoms with Crippen molar-refractivity contribution in [3.8, 4) is 0 Å². The summed E-state index contributed by atoms with van der Waals surface area (Å²) in [5.41, 5.74) is 1.06. The lowest BCUT2D eigenvalue weighted by Gasteiger charge is -2.19. The summed E-state index contributed by atoms with van der Waals surface area (Å²) in [6.07, 6.45) is -0.529. The fourth-order valence-electron chi connectivity index (χ4n) is 1.95. The maximum Gasteiger partial charge on any atom is 0.229 e. The molecule has 0 aromatic heterocycles. The third kappa shape index (κ3) is 2.40. The number of carbonyl (C=O) groups is 2. The lowest BCUT2D eigenvalue weighted by atomic mass is 10.1. The summed E-state index contributed by atoms with van der Waals surface area (Å²) in [6, 6.07) is 5.19. The van der Waals surface area contributed by atoms with Crippen molar-refractivity contribution in [2.75, 3.05) is 11.4 Å². The molecule has 1 aromatic rings. The van der Waals surface area contributed by atoms with Crippen molar-refractivity contribution in [3.05, 3.63) is 28.2 Å². The topological polar surface area (TPSA) is 57.6 Å². The Morgan fingerprint density at radius 3 is 2.76 bits per heavy atom. The van der Waals surface area contributed by atoms with Crippen LogP contribution in [-0.2, 0) is 4.79 Å². The highest BCUT2D eigenvalue weighted by Gasteiger charge is 2.30. The van der Waals surface area contributed by atoms with Crippen LogP contribution < -0.4 is 4.90 Å². The largest absolute Gasteiger partial charge is 0.391 e. The molecule has 1 aliphatic heterocycles. The average Bonchev–Trinajstić information content (AvgIpc) is 2.57. The molecule has 1 atom stereocenters. The van der Waals surface area contributed by atoms with E-state index < -0.39 is 6.10 Å². The highest BCUT2D eigenvalue weighted by atomic mass is 79.9. The van der Waals surface area contributed by atoms with Gasteiger partial charge < -0.3 is 10.0 Å². The van der Waals surface area contributed by atoms with Gasteiger partial charge in [0.05, 0.1) is 24.8 Å². The van der Waals surface area contributed by atoms with E-state index in [1.54, 1.807) is 18.2 Å². The van der Waals surface area contributed by atoms with E-state index in [1.165, 1.54) is 11.8 Å². The monoisotopic (exact) mass is 297 g/mol. The Kier molecular flexibility index (Phi) is 3.31. The first kappa shape index (κ1) is 12.3. The molecule has 90 valence electrons. The van der Waals surface area contributed by atoms with E-state index in [2.05, 4.69) is 15.9 Å². The van der Waals surface area contributed by atoms with Crippen LogP contribution in [0.15, 0.2) is 22.7 Å². The fraction of sp³-hybridized carbons (Fsp3) is 0.333. The molecule has 2 rings (SSSR count). The number of rotatable bonds is 2. The maximum absolute atomic E-state index is 11.7. The summed E-state index contributed by atoms with van der Waals surface area (Å²) in [5.74, 6) is -0.252. The SMILES string of the molecule is CC(=O)c1cc(Br)ccc1N1CC(O)CC1=O. The molecule has 4 nitrogen and oxygen atoms in total. The quantitative estimate of drug-likeness (QED) is 0.846. The van der Waals surface area contributed by atoms with Gasteiger partial charge in [0, 0.05) is 10.0 Å². The van der Waals surface area contributed by atoms with E-state index in [0.29, 0.717) is 11.3 Å². The number of amides is 1. The zero-order chi connectivity index (χ0) is 12.6. The smallest absolute Gasteiger partial charge is 0.229 e. The zero-order valence-electron chi connectivity index (χ0n) is 9.31. The summed E-state index contributed by atoms with van der Waals surface area (Å²) >= 11 is 3.30. The van der Waals surface area contributed by atoms with Crippen LogP contribution in [0.3, 0.4) is 0 Å². The van der Waals surface area contributed by atoms with Crippen LogP contribution in [0.1, 0.15) is 23.7 Å². The van der Waals surface area contributed by atoms with Gasteiger partial charge in [0.2, 0.25) is 5.91 Å². The highest BCUT2D eigenvalue weighted by Crippen LogP contribution is 2.28. The first-order valence-electron chi connectivity index (χ1n) is 5.28. The predicted molar refractivity (Wildman–Crippen MR) is 67.1 cm³/mol. The number of aliphatic hydroxyl groups excluding tert-OH is 1. The van der Waals surface area contributed by atoms with E-state index in [4.69, 9.17) is 0 Å². The van der Waals surface area contributed by atoms with Crippen molar-refractivity contribution in [2.45, 2.75) is 19.4 Å². The number of hydrogen-bond donors (Lipinski definition) is 1. The van der Waals surface area contributed by atoms with Crippen LogP contribution in [-0.4, -0.2) is 29.4 Å². The molecule has 5 heteroatoms. The van der Waals surface area contributed by atoms with E-state index in [1.807, 2.05) is 0 Å². The molecular weight excluding hydrogens is 286 g/mol. The molecule has 1 N–H and O–H groups in total. The van der Waals surface area contributed by atoms with Gasteiger partial charge in [-0.05, 0) is 25.1 Å². The molecule has 1 unspecified atom stereocenters. The molecule has 0 radical (unpaired) electrons. The number of β-amino-alcohol motifs (C(OH)–C–C–N with tert-alkyl or cyclic N) is 1. The number of halogens is 1. The number of nitrogens with zero attached hydrogens (tertiary/aromatic N) is 1. The van der Waals surface area contributed by atoms with Crippen LogP contribution in [0.5, 0.6) is 0 Å². The molecule has 1 fully saturated rings. The Balaban J connectivity index is 2.45. The van der Waals surface area contributed by atoms with Crippen molar-refractivity contribution in [3.63, 3.8) is 0 Å². The predicted octanol–water partition coefficient (Wildman–Crippen LogP) is 1.75. The Bertz CT molecular complexity index is 487. The van der Waals surface area contributed by atoms with Crippen molar-refractivity contribution >= 4 is 33.3 Å². The van der Waals surface area contributed by atoms with E-state index in [9.17, 15) is 14.7 Å². The molecule has 1 aliphatic rings. The average molecular weight is 298 g/mol. The van der Waals surface area contributed by atoms with Gasteiger partial charge in [-0.15, -0.1) is 0 Å². The van der Waals surface area contributed by atoms with Crippen LogP contribution >= 0.6 is 15.9 Å². The van der Waals surface area contributed by atoms with Gasteiger partial charge >= 0.3 is 0 Å². The summed E-state index contributed by atoms with van der Waals surface area (Å²) in [7, 11) is 0.